The number of piperidine rings is 1. The predicted octanol–water partition coefficient (Wildman–Crippen LogP) is 4.24. The maximum Gasteiger partial charge on any atom is 0.396 e. The van der Waals surface area contributed by atoms with Crippen molar-refractivity contribution in [3.63, 3.8) is 0 Å². The maximum atomic E-state index is 14.0. The number of halogens is 4. The molecule has 4 rings (SSSR count). The quantitative estimate of drug-likeness (QED) is 0.576. The van der Waals surface area contributed by atoms with Crippen molar-refractivity contribution in [3.05, 3.63) is 53.2 Å². The highest BCUT2D eigenvalue weighted by Gasteiger charge is 2.31. The number of benzene rings is 1. The van der Waals surface area contributed by atoms with E-state index >= 15 is 0 Å². The molecular formula is C21H19F4N5O. The SMILES string of the molecule is COc1c(F)cccc1C1CCN(c2ccn3c(CC(F)(F)F)nnc3c2C#N)CC1. The van der Waals surface area contributed by atoms with Crippen LogP contribution in [0.15, 0.2) is 30.5 Å². The van der Waals surface area contributed by atoms with E-state index in [1.54, 1.807) is 12.1 Å². The van der Waals surface area contributed by atoms with Crippen LogP contribution in [0.2, 0.25) is 0 Å². The van der Waals surface area contributed by atoms with Gasteiger partial charge in [-0.3, -0.25) is 4.40 Å². The molecule has 1 aliphatic heterocycles. The van der Waals surface area contributed by atoms with Gasteiger partial charge in [0, 0.05) is 24.8 Å². The molecule has 0 amide bonds. The first-order valence-electron chi connectivity index (χ1n) is 9.73. The molecule has 1 aromatic carbocycles. The summed E-state index contributed by atoms with van der Waals surface area (Å²) < 4.78 is 58.8. The van der Waals surface area contributed by atoms with Gasteiger partial charge in [-0.05, 0) is 30.9 Å². The Balaban J connectivity index is 1.58. The topological polar surface area (TPSA) is 66.5 Å². The van der Waals surface area contributed by atoms with Crippen LogP contribution in [-0.2, 0) is 6.42 Å². The Labute approximate surface area is 175 Å². The Bertz CT molecular complexity index is 1140. The molecule has 0 unspecified atom stereocenters. The van der Waals surface area contributed by atoms with Crippen LogP contribution in [0.25, 0.3) is 5.65 Å². The summed E-state index contributed by atoms with van der Waals surface area (Å²) in [6.45, 7) is 1.19. The van der Waals surface area contributed by atoms with Gasteiger partial charge in [-0.15, -0.1) is 10.2 Å². The van der Waals surface area contributed by atoms with Crippen molar-refractivity contribution in [1.29, 1.82) is 5.26 Å². The van der Waals surface area contributed by atoms with E-state index in [4.69, 9.17) is 4.74 Å². The minimum absolute atomic E-state index is 0.0997. The van der Waals surface area contributed by atoms with E-state index in [9.17, 15) is 22.8 Å². The molecule has 0 bridgehead atoms. The van der Waals surface area contributed by atoms with Crippen molar-refractivity contribution in [2.24, 2.45) is 0 Å². The van der Waals surface area contributed by atoms with Gasteiger partial charge in [0.2, 0.25) is 0 Å². The Morgan fingerprint density at radius 3 is 2.58 bits per heavy atom. The molecule has 162 valence electrons. The van der Waals surface area contributed by atoms with Gasteiger partial charge >= 0.3 is 6.18 Å². The van der Waals surface area contributed by atoms with Crippen LogP contribution in [0.5, 0.6) is 5.75 Å². The van der Waals surface area contributed by atoms with Crippen molar-refractivity contribution < 1.29 is 22.3 Å². The van der Waals surface area contributed by atoms with E-state index in [0.717, 1.165) is 5.56 Å². The molecule has 0 aliphatic carbocycles. The highest BCUT2D eigenvalue weighted by Crippen LogP contribution is 2.37. The zero-order valence-electron chi connectivity index (χ0n) is 16.7. The molecule has 1 aliphatic rings. The number of para-hydroxylation sites is 1. The summed E-state index contributed by atoms with van der Waals surface area (Å²) in [5.74, 6) is -0.313. The smallest absolute Gasteiger partial charge is 0.396 e. The summed E-state index contributed by atoms with van der Waals surface area (Å²) >= 11 is 0. The molecule has 6 nitrogen and oxygen atoms in total. The summed E-state index contributed by atoms with van der Waals surface area (Å²) in [5, 5.41) is 17.1. The average molecular weight is 433 g/mol. The number of alkyl halides is 3. The fourth-order valence-corrected chi connectivity index (χ4v) is 4.16. The Hall–Kier alpha value is -3.35. The molecule has 0 N–H and O–H groups in total. The van der Waals surface area contributed by atoms with Gasteiger partial charge in [0.25, 0.3) is 0 Å². The van der Waals surface area contributed by atoms with Crippen molar-refractivity contribution in [2.45, 2.75) is 31.4 Å². The molecule has 3 heterocycles. The Morgan fingerprint density at radius 1 is 1.19 bits per heavy atom. The lowest BCUT2D eigenvalue weighted by Crippen LogP contribution is -2.33. The second-order valence-electron chi connectivity index (χ2n) is 7.41. The number of ether oxygens (including phenoxy) is 1. The van der Waals surface area contributed by atoms with E-state index in [-0.39, 0.29) is 28.7 Å². The van der Waals surface area contributed by atoms with E-state index in [1.165, 1.54) is 23.8 Å². The number of hydrogen-bond donors (Lipinski definition) is 0. The Kier molecular flexibility index (Phi) is 5.43. The normalized spacial score (nSPS) is 15.3. The Morgan fingerprint density at radius 2 is 1.94 bits per heavy atom. The largest absolute Gasteiger partial charge is 0.493 e. The third-order valence-corrected chi connectivity index (χ3v) is 5.58. The molecule has 3 aromatic rings. The minimum atomic E-state index is -4.42. The van der Waals surface area contributed by atoms with Crippen LogP contribution in [0, 0.1) is 17.1 Å². The van der Waals surface area contributed by atoms with Crippen molar-refractivity contribution in [2.75, 3.05) is 25.1 Å². The first-order chi connectivity index (χ1) is 14.8. The summed E-state index contributed by atoms with van der Waals surface area (Å²) in [6, 6.07) is 8.56. The zero-order chi connectivity index (χ0) is 22.2. The van der Waals surface area contributed by atoms with E-state index in [0.29, 0.717) is 31.6 Å². The number of rotatable bonds is 4. The third-order valence-electron chi connectivity index (χ3n) is 5.58. The maximum absolute atomic E-state index is 14.0. The number of pyridine rings is 1. The first kappa shape index (κ1) is 20.9. The van der Waals surface area contributed by atoms with Crippen molar-refractivity contribution in [3.8, 4) is 11.8 Å². The second kappa shape index (κ2) is 8.06. The number of nitrogens with zero attached hydrogens (tertiary/aromatic N) is 5. The van der Waals surface area contributed by atoms with E-state index in [1.807, 2.05) is 11.0 Å². The number of nitriles is 1. The van der Waals surface area contributed by atoms with Crippen LogP contribution in [0.4, 0.5) is 23.2 Å². The second-order valence-corrected chi connectivity index (χ2v) is 7.41. The summed E-state index contributed by atoms with van der Waals surface area (Å²) in [7, 11) is 1.44. The molecule has 31 heavy (non-hydrogen) atoms. The summed E-state index contributed by atoms with van der Waals surface area (Å²) in [5.41, 5.74) is 1.70. The molecule has 0 spiro atoms. The molecule has 0 saturated carbocycles. The average Bonchev–Trinajstić information content (AvgIpc) is 3.14. The number of fused-ring (bicyclic) bond motifs is 1. The number of aromatic nitrogens is 3. The fourth-order valence-electron chi connectivity index (χ4n) is 4.16. The number of hydrogen-bond acceptors (Lipinski definition) is 5. The predicted molar refractivity (Wildman–Crippen MR) is 105 cm³/mol. The van der Waals surface area contributed by atoms with Gasteiger partial charge in [0.1, 0.15) is 23.9 Å². The molecule has 10 heteroatoms. The number of anilines is 1. The highest BCUT2D eigenvalue weighted by molar-refractivity contribution is 5.71. The molecule has 2 aromatic heterocycles. The molecule has 1 saturated heterocycles. The standard InChI is InChI=1S/C21H19F4N5O/c1-31-19-14(3-2-4-16(19)22)13-5-8-29(9-6-13)17-7-10-30-18(11-21(23,24)25)27-28-20(30)15(17)12-26/h2-4,7,10,13H,5-6,8-9,11H2,1H3. The molecule has 0 radical (unpaired) electrons. The first-order valence-corrected chi connectivity index (χ1v) is 9.73. The van der Waals surface area contributed by atoms with Crippen LogP contribution in [0.3, 0.4) is 0 Å². The zero-order valence-corrected chi connectivity index (χ0v) is 16.7. The molecule has 1 fully saturated rings. The molecule has 0 atom stereocenters. The molecular weight excluding hydrogens is 414 g/mol. The van der Waals surface area contributed by atoms with E-state index in [2.05, 4.69) is 16.3 Å². The summed E-state index contributed by atoms with van der Waals surface area (Å²) in [4.78, 5) is 2.00. The van der Waals surface area contributed by atoms with Gasteiger partial charge < -0.3 is 9.64 Å². The monoisotopic (exact) mass is 433 g/mol. The van der Waals surface area contributed by atoms with Crippen molar-refractivity contribution >= 4 is 11.3 Å². The van der Waals surface area contributed by atoms with Gasteiger partial charge in [0.05, 0.1) is 12.8 Å². The van der Waals surface area contributed by atoms with Gasteiger partial charge in [-0.1, -0.05) is 12.1 Å². The van der Waals surface area contributed by atoms with Crippen molar-refractivity contribution in [1.82, 2.24) is 14.6 Å². The van der Waals surface area contributed by atoms with Gasteiger partial charge in [0.15, 0.2) is 17.2 Å². The number of methoxy groups -OCH3 is 1. The third kappa shape index (κ3) is 4.00. The van der Waals surface area contributed by atoms with Gasteiger partial charge in [-0.25, -0.2) is 4.39 Å². The van der Waals surface area contributed by atoms with Gasteiger partial charge in [-0.2, -0.15) is 18.4 Å². The lowest BCUT2D eigenvalue weighted by Gasteiger charge is -2.34. The fraction of sp³-hybridized carbons (Fsp3) is 0.381. The lowest BCUT2D eigenvalue weighted by molar-refractivity contribution is -0.128. The van der Waals surface area contributed by atoms with Crippen LogP contribution < -0.4 is 9.64 Å². The van der Waals surface area contributed by atoms with E-state index < -0.39 is 18.4 Å². The van der Waals surface area contributed by atoms with Crippen LogP contribution in [0.1, 0.15) is 35.7 Å². The van der Waals surface area contributed by atoms with Crippen LogP contribution in [-0.4, -0.2) is 41.0 Å². The van der Waals surface area contributed by atoms with Crippen LogP contribution >= 0.6 is 0 Å². The highest BCUT2D eigenvalue weighted by atomic mass is 19.4. The summed E-state index contributed by atoms with van der Waals surface area (Å²) in [6.07, 6.45) is -2.76. The minimum Gasteiger partial charge on any atom is -0.493 e. The lowest BCUT2D eigenvalue weighted by atomic mass is 9.88.